The molecule has 0 aromatic rings. The summed E-state index contributed by atoms with van der Waals surface area (Å²) in [7, 11) is 0. The molecule has 0 aromatic heterocycles. The second kappa shape index (κ2) is 56.2. The fraction of sp³-hybridized carbons (Fsp3) is 0.836. The standard InChI is InChI=1S/C67H123NO8/c1-3-5-7-9-11-13-15-17-18-19-20-21-22-23-24-25-26-27-28-29-30-31-32-33-34-35-36-37-38-39-40-41-42-43-44-45-47-49-51-53-55-57-63(71)68-60(59-75-67-66(74)65(73)64(72)62(58-69)76-67)61(70)56-54-52-50-48-46-16-14-12-10-8-6-4-2/h15,17,19-20,22-23,46,48,54,56,60-62,64-67,69-70,72-74H,3-14,16,18,21,24-45,47,49-53,55,57-59H2,1-2H3,(H,68,71)/b17-15-,20-19-,23-22-,48-46+,56-54+. The minimum atomic E-state index is -1.57. The summed E-state index contributed by atoms with van der Waals surface area (Å²) in [6, 6.07) is -0.820. The molecule has 9 nitrogen and oxygen atoms in total. The average Bonchev–Trinajstić information content (AvgIpc) is 3.42. The van der Waals surface area contributed by atoms with Crippen molar-refractivity contribution in [1.29, 1.82) is 0 Å². The van der Waals surface area contributed by atoms with E-state index in [9.17, 15) is 30.3 Å². The predicted octanol–water partition coefficient (Wildman–Crippen LogP) is 17.0. The van der Waals surface area contributed by atoms with Crippen LogP contribution in [0.2, 0.25) is 0 Å². The van der Waals surface area contributed by atoms with Gasteiger partial charge in [-0.2, -0.15) is 0 Å². The van der Waals surface area contributed by atoms with Crippen LogP contribution in [0.1, 0.15) is 303 Å². The maximum Gasteiger partial charge on any atom is 0.220 e. The van der Waals surface area contributed by atoms with Crippen molar-refractivity contribution in [1.82, 2.24) is 5.32 Å². The van der Waals surface area contributed by atoms with Gasteiger partial charge in [-0.25, -0.2) is 0 Å². The number of hydrogen-bond acceptors (Lipinski definition) is 8. The van der Waals surface area contributed by atoms with Gasteiger partial charge in [-0.1, -0.05) is 286 Å². The Balaban J connectivity index is 2.01. The smallest absolute Gasteiger partial charge is 0.220 e. The molecule has 9 heteroatoms. The van der Waals surface area contributed by atoms with Crippen LogP contribution in [0.3, 0.4) is 0 Å². The molecule has 1 amide bonds. The Labute approximate surface area is 468 Å². The number of hydrogen-bond donors (Lipinski definition) is 6. The zero-order valence-electron chi connectivity index (χ0n) is 49.5. The first-order valence-electron chi connectivity index (χ1n) is 32.5. The number of nitrogens with one attached hydrogen (secondary N) is 1. The summed E-state index contributed by atoms with van der Waals surface area (Å²) in [6.45, 7) is 3.74. The molecule has 7 unspecified atom stereocenters. The van der Waals surface area contributed by atoms with Crippen LogP contribution in [0.15, 0.2) is 60.8 Å². The maximum absolute atomic E-state index is 13.0. The number of amides is 1. The Morgan fingerprint density at radius 2 is 0.789 bits per heavy atom. The molecule has 1 heterocycles. The summed E-state index contributed by atoms with van der Waals surface area (Å²) < 4.78 is 11.2. The SMILES string of the molecule is CCCCCCC/C=C\C/C=C\C/C=C\CCCCCCCCCCCCCCCCCCCCCCCCCCCCC(=O)NC(COC1OC(CO)C(O)C(O)C1O)C(O)/C=C/CC/C=C/CCCCCCCC. The molecule has 0 aliphatic carbocycles. The largest absolute Gasteiger partial charge is 0.394 e. The van der Waals surface area contributed by atoms with Gasteiger partial charge in [0.2, 0.25) is 5.91 Å². The summed E-state index contributed by atoms with van der Waals surface area (Å²) in [4.78, 5) is 13.0. The number of carbonyl (C=O) groups excluding carboxylic acids is 1. The van der Waals surface area contributed by atoms with E-state index in [1.807, 2.05) is 6.08 Å². The summed E-state index contributed by atoms with van der Waals surface area (Å²) in [5.41, 5.74) is 0. The van der Waals surface area contributed by atoms with Crippen molar-refractivity contribution in [3.8, 4) is 0 Å². The topological polar surface area (TPSA) is 149 Å². The predicted molar refractivity (Wildman–Crippen MR) is 322 cm³/mol. The zero-order valence-corrected chi connectivity index (χ0v) is 49.5. The van der Waals surface area contributed by atoms with Crippen LogP contribution in [0.4, 0.5) is 0 Å². The fourth-order valence-electron chi connectivity index (χ4n) is 10.2. The first-order valence-corrected chi connectivity index (χ1v) is 32.5. The molecular formula is C67H123NO8. The Hall–Kier alpha value is -2.11. The van der Waals surface area contributed by atoms with Gasteiger partial charge in [0.05, 0.1) is 25.4 Å². The van der Waals surface area contributed by atoms with Gasteiger partial charge in [0, 0.05) is 6.42 Å². The molecule has 444 valence electrons. The third kappa shape index (κ3) is 44.7. The third-order valence-corrected chi connectivity index (χ3v) is 15.3. The number of allylic oxidation sites excluding steroid dienone is 9. The van der Waals surface area contributed by atoms with Crippen molar-refractivity contribution in [2.45, 2.75) is 346 Å². The third-order valence-electron chi connectivity index (χ3n) is 15.3. The Bertz CT molecular complexity index is 1380. The van der Waals surface area contributed by atoms with Crippen LogP contribution < -0.4 is 5.32 Å². The van der Waals surface area contributed by atoms with Crippen LogP contribution in [-0.2, 0) is 14.3 Å². The van der Waals surface area contributed by atoms with E-state index in [0.717, 1.165) is 51.4 Å². The van der Waals surface area contributed by atoms with E-state index in [2.05, 4.69) is 67.8 Å². The van der Waals surface area contributed by atoms with E-state index in [0.29, 0.717) is 6.42 Å². The first-order chi connectivity index (χ1) is 37.3. The quantitative estimate of drug-likeness (QED) is 0.0261. The molecule has 1 fully saturated rings. The number of carbonyl (C=O) groups is 1. The first kappa shape index (κ1) is 71.9. The van der Waals surface area contributed by atoms with E-state index >= 15 is 0 Å². The lowest BCUT2D eigenvalue weighted by atomic mass is 9.99. The highest BCUT2D eigenvalue weighted by Crippen LogP contribution is 2.23. The van der Waals surface area contributed by atoms with Crippen molar-refractivity contribution in [3.63, 3.8) is 0 Å². The van der Waals surface area contributed by atoms with Crippen molar-refractivity contribution in [2.24, 2.45) is 0 Å². The molecule has 0 spiro atoms. The van der Waals surface area contributed by atoms with E-state index < -0.39 is 49.5 Å². The molecule has 0 saturated carbocycles. The minimum Gasteiger partial charge on any atom is -0.394 e. The summed E-state index contributed by atoms with van der Waals surface area (Å²) >= 11 is 0. The van der Waals surface area contributed by atoms with Crippen LogP contribution in [0, 0.1) is 0 Å². The average molecular weight is 1070 g/mol. The van der Waals surface area contributed by atoms with Crippen LogP contribution in [0.25, 0.3) is 0 Å². The van der Waals surface area contributed by atoms with Crippen LogP contribution in [0.5, 0.6) is 0 Å². The molecule has 1 aliphatic heterocycles. The summed E-state index contributed by atoms with van der Waals surface area (Å²) in [6.07, 6.45) is 70.6. The van der Waals surface area contributed by atoms with Crippen molar-refractivity contribution < 1.29 is 39.8 Å². The zero-order chi connectivity index (χ0) is 55.0. The van der Waals surface area contributed by atoms with Crippen molar-refractivity contribution >= 4 is 5.91 Å². The maximum atomic E-state index is 13.0. The van der Waals surface area contributed by atoms with Gasteiger partial charge in [-0.15, -0.1) is 0 Å². The second-order valence-corrected chi connectivity index (χ2v) is 22.5. The number of ether oxygens (including phenoxy) is 2. The van der Waals surface area contributed by atoms with E-state index in [-0.39, 0.29) is 12.5 Å². The van der Waals surface area contributed by atoms with Gasteiger partial charge < -0.3 is 40.3 Å². The minimum absolute atomic E-state index is 0.184. The Morgan fingerprint density at radius 3 is 1.20 bits per heavy atom. The lowest BCUT2D eigenvalue weighted by Gasteiger charge is -2.40. The summed E-state index contributed by atoms with van der Waals surface area (Å²) in [5, 5.41) is 54.4. The molecule has 6 N–H and O–H groups in total. The fourth-order valence-corrected chi connectivity index (χ4v) is 10.2. The van der Waals surface area contributed by atoms with Gasteiger partial charge in [0.1, 0.15) is 24.4 Å². The normalized spacial score (nSPS) is 19.2. The second-order valence-electron chi connectivity index (χ2n) is 22.5. The highest BCUT2D eigenvalue weighted by molar-refractivity contribution is 5.76. The van der Waals surface area contributed by atoms with Gasteiger partial charge in [-0.05, 0) is 70.6 Å². The van der Waals surface area contributed by atoms with Crippen molar-refractivity contribution in [2.75, 3.05) is 13.2 Å². The molecular weight excluding hydrogens is 947 g/mol. The van der Waals surface area contributed by atoms with Gasteiger partial charge in [0.25, 0.3) is 0 Å². The number of aliphatic hydroxyl groups excluding tert-OH is 5. The lowest BCUT2D eigenvalue weighted by molar-refractivity contribution is -0.302. The van der Waals surface area contributed by atoms with Crippen LogP contribution >= 0.6 is 0 Å². The van der Waals surface area contributed by atoms with Crippen molar-refractivity contribution in [3.05, 3.63) is 60.8 Å². The van der Waals surface area contributed by atoms with Gasteiger partial charge in [0.15, 0.2) is 6.29 Å². The molecule has 1 aliphatic rings. The molecule has 1 rings (SSSR count). The molecule has 0 aromatic carbocycles. The number of rotatable bonds is 56. The van der Waals surface area contributed by atoms with Crippen LogP contribution in [-0.4, -0.2) is 87.5 Å². The van der Waals surface area contributed by atoms with Gasteiger partial charge in [-0.3, -0.25) is 4.79 Å². The van der Waals surface area contributed by atoms with E-state index in [1.54, 1.807) is 6.08 Å². The molecule has 76 heavy (non-hydrogen) atoms. The highest BCUT2D eigenvalue weighted by atomic mass is 16.7. The Kier molecular flexibility index (Phi) is 53.1. The Morgan fingerprint density at radius 1 is 0.447 bits per heavy atom. The number of aliphatic hydroxyl groups is 5. The molecule has 0 bridgehead atoms. The highest BCUT2D eigenvalue weighted by Gasteiger charge is 2.44. The monoisotopic (exact) mass is 1070 g/mol. The van der Waals surface area contributed by atoms with E-state index in [1.165, 1.54) is 231 Å². The van der Waals surface area contributed by atoms with Gasteiger partial charge >= 0.3 is 0 Å². The molecule has 1 saturated heterocycles. The number of unbranched alkanes of at least 4 members (excludes halogenated alkanes) is 38. The lowest BCUT2D eigenvalue weighted by Crippen LogP contribution is -2.60. The molecule has 7 atom stereocenters. The molecule has 0 radical (unpaired) electrons. The summed E-state index contributed by atoms with van der Waals surface area (Å²) in [5.74, 6) is -0.184. The van der Waals surface area contributed by atoms with E-state index in [4.69, 9.17) is 9.47 Å².